The second-order valence-electron chi connectivity index (χ2n) is 7.30. The smallest absolute Gasteiger partial charge is 0.254 e. The minimum Gasteiger partial charge on any atom is -0.334 e. The van der Waals surface area contributed by atoms with Crippen LogP contribution in [0, 0.1) is 13.8 Å². The summed E-state index contributed by atoms with van der Waals surface area (Å²) >= 11 is 0. The van der Waals surface area contributed by atoms with Crippen molar-refractivity contribution in [2.24, 2.45) is 0 Å². The van der Waals surface area contributed by atoms with Crippen LogP contribution < -0.4 is 0 Å². The van der Waals surface area contributed by atoms with Crippen molar-refractivity contribution < 1.29 is 4.79 Å². The van der Waals surface area contributed by atoms with Gasteiger partial charge in [0.1, 0.15) is 0 Å². The number of aryl methyl sites for hydroxylation is 2. The van der Waals surface area contributed by atoms with Crippen LogP contribution in [0.4, 0.5) is 0 Å². The van der Waals surface area contributed by atoms with Crippen LogP contribution in [0.15, 0.2) is 48.8 Å². The Hall–Kier alpha value is -2.89. The molecule has 0 saturated carbocycles. The Morgan fingerprint density at radius 1 is 1.22 bits per heavy atom. The molecular formula is C21H25N5O. The van der Waals surface area contributed by atoms with Crippen molar-refractivity contribution in [3.63, 3.8) is 0 Å². The van der Waals surface area contributed by atoms with Gasteiger partial charge >= 0.3 is 0 Å². The molecule has 0 spiro atoms. The van der Waals surface area contributed by atoms with Crippen molar-refractivity contribution in [2.75, 3.05) is 6.54 Å². The summed E-state index contributed by atoms with van der Waals surface area (Å²) in [5.41, 5.74) is 4.06. The predicted molar refractivity (Wildman–Crippen MR) is 104 cm³/mol. The second kappa shape index (κ2) is 7.39. The van der Waals surface area contributed by atoms with Crippen LogP contribution in [0.2, 0.25) is 0 Å². The summed E-state index contributed by atoms with van der Waals surface area (Å²) in [7, 11) is 0. The van der Waals surface area contributed by atoms with Gasteiger partial charge in [-0.2, -0.15) is 10.2 Å². The molecule has 3 aromatic rings. The topological polar surface area (TPSA) is 56.0 Å². The summed E-state index contributed by atoms with van der Waals surface area (Å²) in [6.45, 7) is 6.36. The Labute approximate surface area is 159 Å². The minimum atomic E-state index is 0.113. The molecule has 1 aliphatic rings. The van der Waals surface area contributed by atoms with Crippen LogP contribution in [0.5, 0.6) is 0 Å². The molecule has 3 heterocycles. The lowest BCUT2D eigenvalue weighted by Gasteiger charge is -2.25. The summed E-state index contributed by atoms with van der Waals surface area (Å²) in [6, 6.07) is 12.1. The molecule has 0 aliphatic carbocycles. The van der Waals surface area contributed by atoms with E-state index in [-0.39, 0.29) is 11.9 Å². The van der Waals surface area contributed by atoms with E-state index in [9.17, 15) is 4.79 Å². The average molecular weight is 363 g/mol. The maximum Gasteiger partial charge on any atom is 0.254 e. The number of benzene rings is 1. The van der Waals surface area contributed by atoms with Crippen molar-refractivity contribution in [3.8, 4) is 0 Å². The Balaban J connectivity index is 1.44. The lowest BCUT2D eigenvalue weighted by molar-refractivity contribution is 0.0721. The molecule has 0 radical (unpaired) electrons. The largest absolute Gasteiger partial charge is 0.334 e. The molecule has 6 nitrogen and oxygen atoms in total. The molecular weight excluding hydrogens is 338 g/mol. The SMILES string of the molecule is Cc1cc(C)n(Cc2ccc(C(=O)N3CCC[C@H]3Cn3cccn3)cc2)n1. The van der Waals surface area contributed by atoms with Gasteiger partial charge in [-0.3, -0.25) is 14.2 Å². The Morgan fingerprint density at radius 2 is 2.04 bits per heavy atom. The standard InChI is InChI=1S/C21H25N5O/c1-16-13-17(2)26(23-16)14-18-6-8-19(9-7-18)21(27)25-12-3-5-20(25)15-24-11-4-10-22-24/h4,6-11,13,20H,3,5,12,14-15H2,1-2H3/t20-/m0/s1. The number of carbonyl (C=O) groups excluding carboxylic acids is 1. The minimum absolute atomic E-state index is 0.113. The Kier molecular flexibility index (Phi) is 4.79. The highest BCUT2D eigenvalue weighted by Crippen LogP contribution is 2.22. The lowest BCUT2D eigenvalue weighted by Crippen LogP contribution is -2.38. The number of rotatable bonds is 5. The number of amides is 1. The van der Waals surface area contributed by atoms with Crippen molar-refractivity contribution in [3.05, 3.63) is 71.3 Å². The fraction of sp³-hybridized carbons (Fsp3) is 0.381. The van der Waals surface area contributed by atoms with E-state index in [1.54, 1.807) is 6.20 Å². The molecule has 6 heteroatoms. The van der Waals surface area contributed by atoms with E-state index >= 15 is 0 Å². The van der Waals surface area contributed by atoms with Crippen LogP contribution in [0.3, 0.4) is 0 Å². The third kappa shape index (κ3) is 3.79. The van der Waals surface area contributed by atoms with Crippen molar-refractivity contribution in [2.45, 2.75) is 45.8 Å². The van der Waals surface area contributed by atoms with E-state index in [1.807, 2.05) is 57.7 Å². The first kappa shape index (κ1) is 17.5. The first-order chi connectivity index (χ1) is 13.1. The zero-order chi connectivity index (χ0) is 18.8. The van der Waals surface area contributed by atoms with E-state index in [1.165, 1.54) is 0 Å². The molecule has 1 amide bonds. The fourth-order valence-electron chi connectivity index (χ4n) is 3.84. The summed E-state index contributed by atoms with van der Waals surface area (Å²) in [6.07, 6.45) is 5.81. The van der Waals surface area contributed by atoms with Gasteiger partial charge < -0.3 is 4.90 Å². The predicted octanol–water partition coefficient (Wildman–Crippen LogP) is 3.05. The molecule has 1 aliphatic heterocycles. The molecule has 0 unspecified atom stereocenters. The van der Waals surface area contributed by atoms with Gasteiger partial charge in [0.2, 0.25) is 0 Å². The molecule has 1 aromatic carbocycles. The third-order valence-electron chi connectivity index (χ3n) is 5.23. The fourth-order valence-corrected chi connectivity index (χ4v) is 3.84. The highest BCUT2D eigenvalue weighted by Gasteiger charge is 2.29. The molecule has 2 aromatic heterocycles. The van der Waals surface area contributed by atoms with E-state index in [2.05, 4.69) is 23.2 Å². The van der Waals surface area contributed by atoms with Gasteiger partial charge in [0.25, 0.3) is 5.91 Å². The van der Waals surface area contributed by atoms with E-state index < -0.39 is 0 Å². The number of hydrogen-bond acceptors (Lipinski definition) is 3. The molecule has 27 heavy (non-hydrogen) atoms. The van der Waals surface area contributed by atoms with Crippen LogP contribution >= 0.6 is 0 Å². The molecule has 0 bridgehead atoms. The van der Waals surface area contributed by atoms with E-state index in [0.29, 0.717) is 0 Å². The van der Waals surface area contributed by atoms with Crippen LogP contribution in [-0.4, -0.2) is 43.0 Å². The van der Waals surface area contributed by atoms with Gasteiger partial charge in [-0.15, -0.1) is 0 Å². The van der Waals surface area contributed by atoms with Gasteiger partial charge in [0, 0.05) is 30.2 Å². The maximum absolute atomic E-state index is 13.0. The lowest BCUT2D eigenvalue weighted by atomic mass is 10.1. The maximum atomic E-state index is 13.0. The van der Waals surface area contributed by atoms with Crippen molar-refractivity contribution in [1.82, 2.24) is 24.5 Å². The van der Waals surface area contributed by atoms with Gasteiger partial charge in [0.05, 0.1) is 24.8 Å². The second-order valence-corrected chi connectivity index (χ2v) is 7.30. The molecule has 140 valence electrons. The molecule has 1 saturated heterocycles. The van der Waals surface area contributed by atoms with Crippen LogP contribution in [0.1, 0.15) is 40.2 Å². The van der Waals surface area contributed by atoms with Crippen LogP contribution in [0.25, 0.3) is 0 Å². The van der Waals surface area contributed by atoms with Crippen molar-refractivity contribution >= 4 is 5.91 Å². The Morgan fingerprint density at radius 3 is 2.70 bits per heavy atom. The molecule has 4 rings (SSSR count). The normalized spacial score (nSPS) is 16.8. The first-order valence-electron chi connectivity index (χ1n) is 9.48. The zero-order valence-corrected chi connectivity index (χ0v) is 15.9. The summed E-state index contributed by atoms with van der Waals surface area (Å²) in [5.74, 6) is 0.113. The first-order valence-corrected chi connectivity index (χ1v) is 9.48. The third-order valence-corrected chi connectivity index (χ3v) is 5.23. The van der Waals surface area contributed by atoms with Gasteiger partial charge in [-0.1, -0.05) is 12.1 Å². The summed E-state index contributed by atoms with van der Waals surface area (Å²) < 4.78 is 3.90. The number of likely N-dealkylation sites (tertiary alicyclic amines) is 1. The van der Waals surface area contributed by atoms with Gasteiger partial charge in [-0.25, -0.2) is 0 Å². The summed E-state index contributed by atoms with van der Waals surface area (Å²) in [4.78, 5) is 15.0. The van der Waals surface area contributed by atoms with E-state index in [4.69, 9.17) is 0 Å². The quantitative estimate of drug-likeness (QED) is 0.700. The number of aromatic nitrogens is 4. The average Bonchev–Trinajstić information content (AvgIpc) is 3.39. The number of carbonyl (C=O) groups is 1. The van der Waals surface area contributed by atoms with Crippen molar-refractivity contribution in [1.29, 1.82) is 0 Å². The van der Waals surface area contributed by atoms with E-state index in [0.717, 1.165) is 55.0 Å². The highest BCUT2D eigenvalue weighted by molar-refractivity contribution is 5.94. The van der Waals surface area contributed by atoms with Gasteiger partial charge in [0.15, 0.2) is 0 Å². The molecule has 0 N–H and O–H groups in total. The summed E-state index contributed by atoms with van der Waals surface area (Å²) in [5, 5.41) is 8.78. The van der Waals surface area contributed by atoms with Gasteiger partial charge in [-0.05, 0) is 56.5 Å². The number of hydrogen-bond donors (Lipinski definition) is 0. The monoisotopic (exact) mass is 363 g/mol. The Bertz CT molecular complexity index is 911. The molecule has 1 fully saturated rings. The highest BCUT2D eigenvalue weighted by atomic mass is 16.2. The number of nitrogens with zero attached hydrogens (tertiary/aromatic N) is 5. The molecule has 1 atom stereocenters. The van der Waals surface area contributed by atoms with Crippen LogP contribution in [-0.2, 0) is 13.1 Å². The zero-order valence-electron chi connectivity index (χ0n) is 15.9.